The van der Waals surface area contributed by atoms with Crippen molar-refractivity contribution >= 4 is 44.3 Å². The van der Waals surface area contributed by atoms with Crippen LogP contribution in [0.5, 0.6) is 0 Å². The Labute approximate surface area is 127 Å². The van der Waals surface area contributed by atoms with E-state index in [0.717, 1.165) is 26.2 Å². The zero-order valence-corrected chi connectivity index (χ0v) is 12.8. The van der Waals surface area contributed by atoms with Crippen molar-refractivity contribution in [2.24, 2.45) is 0 Å². The number of aryl methyl sites for hydroxylation is 1. The standard InChI is InChI=1S/C14H11BrN2O2S/c15-12-7-9(8-20-12)14-16-10-3-1-2-4-11(10)17(14)6-5-13(18)19/h1-4,7-8H,5-6H2,(H,18,19). The van der Waals surface area contributed by atoms with Crippen LogP contribution < -0.4 is 0 Å². The van der Waals surface area contributed by atoms with Crippen molar-refractivity contribution in [3.8, 4) is 11.4 Å². The summed E-state index contributed by atoms with van der Waals surface area (Å²) >= 11 is 5.04. The van der Waals surface area contributed by atoms with Gasteiger partial charge in [-0.2, -0.15) is 0 Å². The summed E-state index contributed by atoms with van der Waals surface area (Å²) < 4.78 is 3.00. The third-order valence-electron chi connectivity index (χ3n) is 3.03. The summed E-state index contributed by atoms with van der Waals surface area (Å²) in [4.78, 5) is 15.5. The van der Waals surface area contributed by atoms with E-state index in [9.17, 15) is 4.79 Å². The largest absolute Gasteiger partial charge is 0.481 e. The first kappa shape index (κ1) is 13.3. The molecule has 2 heterocycles. The van der Waals surface area contributed by atoms with Crippen LogP contribution in [0.4, 0.5) is 0 Å². The van der Waals surface area contributed by atoms with Crippen LogP contribution in [-0.2, 0) is 11.3 Å². The lowest BCUT2D eigenvalue weighted by atomic mass is 10.3. The van der Waals surface area contributed by atoms with E-state index in [1.807, 2.05) is 40.3 Å². The Morgan fingerprint density at radius 3 is 2.90 bits per heavy atom. The summed E-state index contributed by atoms with van der Waals surface area (Å²) in [6, 6.07) is 9.79. The number of nitrogens with zero attached hydrogens (tertiary/aromatic N) is 2. The summed E-state index contributed by atoms with van der Waals surface area (Å²) in [5.41, 5.74) is 2.85. The van der Waals surface area contributed by atoms with E-state index >= 15 is 0 Å². The van der Waals surface area contributed by atoms with E-state index in [1.54, 1.807) is 11.3 Å². The Hall–Kier alpha value is -1.66. The minimum absolute atomic E-state index is 0.0820. The SMILES string of the molecule is O=C(O)CCn1c(-c2csc(Br)c2)nc2ccccc21. The molecule has 0 aliphatic rings. The topological polar surface area (TPSA) is 55.1 Å². The fourth-order valence-electron chi connectivity index (χ4n) is 2.16. The molecule has 0 atom stereocenters. The molecule has 0 aliphatic carbocycles. The summed E-state index contributed by atoms with van der Waals surface area (Å²) in [5.74, 6) is 0.00892. The van der Waals surface area contributed by atoms with Gasteiger partial charge in [0.2, 0.25) is 0 Å². The number of aromatic nitrogens is 2. The van der Waals surface area contributed by atoms with Crippen LogP contribution in [0.3, 0.4) is 0 Å². The minimum atomic E-state index is -0.805. The number of halogens is 1. The van der Waals surface area contributed by atoms with E-state index < -0.39 is 5.97 Å². The number of hydrogen-bond acceptors (Lipinski definition) is 3. The Morgan fingerprint density at radius 1 is 1.40 bits per heavy atom. The maximum Gasteiger partial charge on any atom is 0.305 e. The van der Waals surface area contributed by atoms with Gasteiger partial charge in [-0.15, -0.1) is 11.3 Å². The predicted octanol–water partition coefficient (Wildman–Crippen LogP) is 4.00. The van der Waals surface area contributed by atoms with E-state index in [-0.39, 0.29) is 6.42 Å². The van der Waals surface area contributed by atoms with Crippen molar-refractivity contribution in [1.29, 1.82) is 0 Å². The van der Waals surface area contributed by atoms with Gasteiger partial charge in [-0.05, 0) is 34.1 Å². The molecule has 3 aromatic rings. The number of hydrogen-bond donors (Lipinski definition) is 1. The maximum atomic E-state index is 10.8. The Balaban J connectivity index is 2.14. The summed E-state index contributed by atoms with van der Waals surface area (Å²) in [5, 5.41) is 10.9. The van der Waals surface area contributed by atoms with Crippen molar-refractivity contribution < 1.29 is 9.90 Å². The van der Waals surface area contributed by atoms with E-state index in [4.69, 9.17) is 5.11 Å². The second-order valence-electron chi connectivity index (χ2n) is 4.36. The van der Waals surface area contributed by atoms with Crippen molar-refractivity contribution in [2.45, 2.75) is 13.0 Å². The highest BCUT2D eigenvalue weighted by Gasteiger charge is 2.14. The highest BCUT2D eigenvalue weighted by molar-refractivity contribution is 9.11. The zero-order valence-electron chi connectivity index (χ0n) is 10.4. The van der Waals surface area contributed by atoms with Crippen LogP contribution in [-0.4, -0.2) is 20.6 Å². The number of thiophene rings is 1. The number of carboxylic acids is 1. The smallest absolute Gasteiger partial charge is 0.305 e. The van der Waals surface area contributed by atoms with Gasteiger partial charge in [-0.3, -0.25) is 4.79 Å². The number of fused-ring (bicyclic) bond motifs is 1. The highest BCUT2D eigenvalue weighted by Crippen LogP contribution is 2.31. The number of carboxylic acid groups (broad SMARTS) is 1. The number of imidazole rings is 1. The van der Waals surface area contributed by atoms with Crippen molar-refractivity contribution in [3.05, 3.63) is 39.5 Å². The maximum absolute atomic E-state index is 10.8. The summed E-state index contributed by atoms with van der Waals surface area (Å²) in [6.45, 7) is 0.415. The summed E-state index contributed by atoms with van der Waals surface area (Å²) in [6.07, 6.45) is 0.0820. The molecule has 0 saturated carbocycles. The van der Waals surface area contributed by atoms with E-state index in [0.29, 0.717) is 6.54 Å². The first-order chi connectivity index (χ1) is 9.65. The Morgan fingerprint density at radius 2 is 2.20 bits per heavy atom. The second kappa shape index (κ2) is 5.38. The molecular formula is C14H11BrN2O2S. The molecule has 102 valence electrons. The lowest BCUT2D eigenvalue weighted by Gasteiger charge is -2.06. The molecule has 6 heteroatoms. The average Bonchev–Trinajstić information content (AvgIpc) is 2.99. The van der Waals surface area contributed by atoms with Gasteiger partial charge in [-0.25, -0.2) is 4.98 Å². The molecule has 0 amide bonds. The number of benzene rings is 1. The third-order valence-corrected chi connectivity index (χ3v) is 4.53. The molecule has 0 radical (unpaired) electrons. The summed E-state index contributed by atoms with van der Waals surface area (Å²) in [7, 11) is 0. The molecule has 1 aromatic carbocycles. The molecule has 20 heavy (non-hydrogen) atoms. The lowest BCUT2D eigenvalue weighted by Crippen LogP contribution is -2.05. The van der Waals surface area contributed by atoms with Crippen molar-refractivity contribution in [2.75, 3.05) is 0 Å². The molecule has 0 fully saturated rings. The molecule has 0 spiro atoms. The second-order valence-corrected chi connectivity index (χ2v) is 6.65. The van der Waals surface area contributed by atoms with Gasteiger partial charge in [0.05, 0.1) is 21.2 Å². The molecular weight excluding hydrogens is 340 g/mol. The first-order valence-corrected chi connectivity index (χ1v) is 7.74. The zero-order chi connectivity index (χ0) is 14.1. The fraction of sp³-hybridized carbons (Fsp3) is 0.143. The first-order valence-electron chi connectivity index (χ1n) is 6.06. The quantitative estimate of drug-likeness (QED) is 0.773. The van der Waals surface area contributed by atoms with Gasteiger partial charge in [0.15, 0.2) is 0 Å². The molecule has 0 aliphatic heterocycles. The number of aliphatic carboxylic acids is 1. The van der Waals surface area contributed by atoms with Crippen molar-refractivity contribution in [1.82, 2.24) is 9.55 Å². The third kappa shape index (κ3) is 2.48. The van der Waals surface area contributed by atoms with Gasteiger partial charge in [0.1, 0.15) is 5.82 Å². The molecule has 0 bridgehead atoms. The van der Waals surface area contributed by atoms with Crippen LogP contribution in [0, 0.1) is 0 Å². The Kier molecular flexibility index (Phi) is 3.58. The van der Waals surface area contributed by atoms with Gasteiger partial charge >= 0.3 is 5.97 Å². The normalized spacial score (nSPS) is 11.1. The highest BCUT2D eigenvalue weighted by atomic mass is 79.9. The fourth-order valence-corrected chi connectivity index (χ4v) is 3.29. The predicted molar refractivity (Wildman–Crippen MR) is 83.0 cm³/mol. The van der Waals surface area contributed by atoms with Crippen LogP contribution in [0.15, 0.2) is 39.5 Å². The number of rotatable bonds is 4. The van der Waals surface area contributed by atoms with Crippen LogP contribution in [0.25, 0.3) is 22.4 Å². The van der Waals surface area contributed by atoms with Crippen LogP contribution >= 0.6 is 27.3 Å². The van der Waals surface area contributed by atoms with E-state index in [1.165, 1.54) is 0 Å². The van der Waals surface area contributed by atoms with Gasteiger partial charge in [-0.1, -0.05) is 12.1 Å². The Bertz CT molecular complexity index is 778. The van der Waals surface area contributed by atoms with Crippen LogP contribution in [0.1, 0.15) is 6.42 Å². The number of carbonyl (C=O) groups is 1. The van der Waals surface area contributed by atoms with Crippen LogP contribution in [0.2, 0.25) is 0 Å². The molecule has 1 N–H and O–H groups in total. The molecule has 4 nitrogen and oxygen atoms in total. The van der Waals surface area contributed by atoms with Gasteiger partial charge < -0.3 is 9.67 Å². The van der Waals surface area contributed by atoms with Gasteiger partial charge in [0.25, 0.3) is 0 Å². The molecule has 2 aromatic heterocycles. The van der Waals surface area contributed by atoms with Crippen molar-refractivity contribution in [3.63, 3.8) is 0 Å². The molecule has 0 unspecified atom stereocenters. The van der Waals surface area contributed by atoms with Gasteiger partial charge in [0, 0.05) is 17.5 Å². The lowest BCUT2D eigenvalue weighted by molar-refractivity contribution is -0.137. The molecule has 3 rings (SSSR count). The number of para-hydroxylation sites is 2. The molecule has 0 saturated heterocycles. The van der Waals surface area contributed by atoms with E-state index in [2.05, 4.69) is 20.9 Å². The minimum Gasteiger partial charge on any atom is -0.481 e. The monoisotopic (exact) mass is 350 g/mol. The average molecular weight is 351 g/mol.